The van der Waals surface area contributed by atoms with Crippen molar-refractivity contribution in [1.29, 1.82) is 0 Å². The second-order valence-electron chi connectivity index (χ2n) is 8.98. The molecule has 1 aromatic carbocycles. The molecular weight excluding hydrogens is 479 g/mol. The van der Waals surface area contributed by atoms with E-state index in [0.717, 1.165) is 36.2 Å². The lowest BCUT2D eigenvalue weighted by molar-refractivity contribution is -0.138. The molecule has 2 saturated heterocycles. The van der Waals surface area contributed by atoms with Gasteiger partial charge in [-0.25, -0.2) is 9.97 Å². The van der Waals surface area contributed by atoms with Gasteiger partial charge < -0.3 is 14.2 Å². The molecule has 0 bridgehead atoms. The Balaban J connectivity index is 1.54. The standard InChI is InChI=1S/C24H28F3N5O2S/c1-17-18(3-2-4-20(17)24(25,26)27)13-22-21(16-30-7-11-35(33)12-8-30)29-23-28-14-19(15-32(22)23)31-5-9-34-10-6-31/h2-4,14-15H,5-13,16H2,1H3. The van der Waals surface area contributed by atoms with Crippen LogP contribution in [0.5, 0.6) is 0 Å². The molecule has 0 aliphatic carbocycles. The first-order valence-electron chi connectivity index (χ1n) is 11.7. The van der Waals surface area contributed by atoms with Crippen LogP contribution in [-0.2, 0) is 35.1 Å². The average molecular weight is 508 g/mol. The quantitative estimate of drug-likeness (QED) is 0.495. The highest BCUT2D eigenvalue weighted by Gasteiger charge is 2.33. The summed E-state index contributed by atoms with van der Waals surface area (Å²) in [6, 6.07) is 4.34. The topological polar surface area (TPSA) is 69.0 Å². The number of alkyl halides is 3. The first-order chi connectivity index (χ1) is 16.8. The third-order valence-corrected chi connectivity index (χ3v) is 8.05. The highest BCUT2D eigenvalue weighted by molar-refractivity contribution is 7.91. The molecule has 11 heteroatoms. The summed E-state index contributed by atoms with van der Waals surface area (Å²) in [5.41, 5.74) is 2.78. The first-order valence-corrected chi connectivity index (χ1v) is 13.2. The first kappa shape index (κ1) is 24.4. The maximum absolute atomic E-state index is 13.6. The van der Waals surface area contributed by atoms with Crippen LogP contribution in [0.2, 0.25) is 0 Å². The minimum atomic E-state index is -4.41. The number of morpholine rings is 1. The molecule has 0 radical (unpaired) electrons. The molecule has 0 atom stereocenters. The molecule has 35 heavy (non-hydrogen) atoms. The molecular formula is C24H28F3N5O2S. The normalized spacial score (nSPS) is 18.5. The van der Waals surface area contributed by atoms with Crippen LogP contribution < -0.4 is 4.90 Å². The molecule has 3 aromatic rings. The van der Waals surface area contributed by atoms with Crippen LogP contribution in [-0.4, -0.2) is 74.7 Å². The number of hydrogen-bond acceptors (Lipinski definition) is 6. The Hall–Kier alpha value is -2.34. The minimum absolute atomic E-state index is 0.228. The molecule has 2 fully saturated rings. The Morgan fingerprint density at radius 2 is 1.86 bits per heavy atom. The lowest BCUT2D eigenvalue weighted by Gasteiger charge is -2.28. The maximum atomic E-state index is 13.6. The molecule has 0 spiro atoms. The highest BCUT2D eigenvalue weighted by atomic mass is 32.2. The van der Waals surface area contributed by atoms with Crippen LogP contribution in [0.25, 0.3) is 5.78 Å². The lowest BCUT2D eigenvalue weighted by atomic mass is 9.98. The zero-order valence-electron chi connectivity index (χ0n) is 19.6. The van der Waals surface area contributed by atoms with Gasteiger partial charge in [-0.3, -0.25) is 9.30 Å². The van der Waals surface area contributed by atoms with Gasteiger partial charge in [-0.05, 0) is 24.1 Å². The molecule has 0 amide bonds. The Morgan fingerprint density at radius 3 is 2.57 bits per heavy atom. The van der Waals surface area contributed by atoms with Crippen LogP contribution in [0.3, 0.4) is 0 Å². The predicted molar refractivity (Wildman–Crippen MR) is 128 cm³/mol. The van der Waals surface area contributed by atoms with Crippen LogP contribution in [0, 0.1) is 6.92 Å². The van der Waals surface area contributed by atoms with E-state index in [2.05, 4.69) is 14.8 Å². The minimum Gasteiger partial charge on any atom is -0.616 e. The zero-order valence-corrected chi connectivity index (χ0v) is 20.4. The van der Waals surface area contributed by atoms with Crippen molar-refractivity contribution < 1.29 is 22.5 Å². The molecule has 0 saturated carbocycles. The highest BCUT2D eigenvalue weighted by Crippen LogP contribution is 2.34. The molecule has 4 heterocycles. The van der Waals surface area contributed by atoms with Crippen LogP contribution >= 0.6 is 0 Å². The maximum Gasteiger partial charge on any atom is 0.416 e. The SMILES string of the molecule is Cc1c(Cc2c(CN3CC[S+]([O-])CC3)nc3ncc(N4CCOCC4)cn23)cccc1C(F)(F)F. The van der Waals surface area contributed by atoms with Crippen molar-refractivity contribution >= 4 is 22.6 Å². The van der Waals surface area contributed by atoms with Gasteiger partial charge in [0.1, 0.15) is 11.5 Å². The van der Waals surface area contributed by atoms with Crippen molar-refractivity contribution in [3.8, 4) is 0 Å². The fourth-order valence-corrected chi connectivity index (χ4v) is 5.85. The number of ether oxygens (including phenoxy) is 1. The Labute approximate surface area is 205 Å². The molecule has 2 aliphatic heterocycles. The van der Waals surface area contributed by atoms with Gasteiger partial charge in [-0.2, -0.15) is 13.2 Å². The molecule has 0 N–H and O–H groups in total. The molecule has 2 aromatic heterocycles. The monoisotopic (exact) mass is 507 g/mol. The number of nitrogens with zero attached hydrogens (tertiary/aromatic N) is 5. The molecule has 2 aliphatic rings. The fraction of sp³-hybridized carbons (Fsp3) is 0.500. The van der Waals surface area contributed by atoms with Gasteiger partial charge in [0.15, 0.2) is 0 Å². The van der Waals surface area contributed by atoms with Crippen molar-refractivity contribution in [2.75, 3.05) is 55.8 Å². The van der Waals surface area contributed by atoms with Gasteiger partial charge >= 0.3 is 6.18 Å². The summed E-state index contributed by atoms with van der Waals surface area (Å²) >= 11 is -0.793. The van der Waals surface area contributed by atoms with Gasteiger partial charge in [0, 0.05) is 45.3 Å². The zero-order chi connectivity index (χ0) is 24.6. The van der Waals surface area contributed by atoms with Crippen LogP contribution in [0.15, 0.2) is 30.6 Å². The lowest BCUT2D eigenvalue weighted by Crippen LogP contribution is -2.39. The van der Waals surface area contributed by atoms with Crippen molar-refractivity contribution in [1.82, 2.24) is 19.3 Å². The summed E-state index contributed by atoms with van der Waals surface area (Å²) < 4.78 is 59.9. The number of imidazole rings is 1. The Morgan fingerprint density at radius 1 is 1.11 bits per heavy atom. The van der Waals surface area contributed by atoms with Crippen LogP contribution in [0.4, 0.5) is 18.9 Å². The average Bonchev–Trinajstić information content (AvgIpc) is 3.17. The van der Waals surface area contributed by atoms with Crippen molar-refractivity contribution in [2.45, 2.75) is 26.1 Å². The van der Waals surface area contributed by atoms with Crippen LogP contribution in [0.1, 0.15) is 28.1 Å². The number of halogens is 3. The number of aromatic nitrogens is 3. The van der Waals surface area contributed by atoms with E-state index in [1.54, 1.807) is 12.3 Å². The van der Waals surface area contributed by atoms with Gasteiger partial charge in [0.25, 0.3) is 0 Å². The second-order valence-corrected chi connectivity index (χ2v) is 10.7. The summed E-state index contributed by atoms with van der Waals surface area (Å²) in [4.78, 5) is 13.8. The number of benzene rings is 1. The van der Waals surface area contributed by atoms with E-state index in [1.807, 2.05) is 10.6 Å². The van der Waals surface area contributed by atoms with E-state index < -0.39 is 22.9 Å². The van der Waals surface area contributed by atoms with Crippen molar-refractivity contribution in [3.63, 3.8) is 0 Å². The number of fused-ring (bicyclic) bond motifs is 1. The summed E-state index contributed by atoms with van der Waals surface area (Å²) in [5.74, 6) is 1.77. The van der Waals surface area contributed by atoms with Crippen molar-refractivity contribution in [2.24, 2.45) is 0 Å². The van der Waals surface area contributed by atoms with Gasteiger partial charge in [0.2, 0.25) is 5.78 Å². The van der Waals surface area contributed by atoms with E-state index >= 15 is 0 Å². The summed E-state index contributed by atoms with van der Waals surface area (Å²) in [6.07, 6.45) is -0.328. The fourth-order valence-electron chi connectivity index (χ4n) is 4.72. The molecule has 188 valence electrons. The number of rotatable bonds is 5. The Kier molecular flexibility index (Phi) is 6.93. The predicted octanol–water partition coefficient (Wildman–Crippen LogP) is 3.05. The van der Waals surface area contributed by atoms with Crippen molar-refractivity contribution in [3.05, 3.63) is 58.7 Å². The summed E-state index contributed by atoms with van der Waals surface area (Å²) in [7, 11) is 0. The van der Waals surface area contributed by atoms with Gasteiger partial charge in [0.05, 0.1) is 42.0 Å². The van der Waals surface area contributed by atoms with E-state index in [4.69, 9.17) is 9.72 Å². The van der Waals surface area contributed by atoms with E-state index in [9.17, 15) is 17.7 Å². The largest absolute Gasteiger partial charge is 0.616 e. The summed E-state index contributed by atoms with van der Waals surface area (Å²) in [5, 5.41) is 0. The molecule has 7 nitrogen and oxygen atoms in total. The third kappa shape index (κ3) is 5.28. The van der Waals surface area contributed by atoms with E-state index in [1.165, 1.54) is 13.0 Å². The third-order valence-electron chi connectivity index (χ3n) is 6.78. The number of hydrogen-bond donors (Lipinski definition) is 0. The molecule has 0 unspecified atom stereocenters. The van der Waals surface area contributed by atoms with E-state index in [-0.39, 0.29) is 5.56 Å². The summed E-state index contributed by atoms with van der Waals surface area (Å²) in [6.45, 7) is 6.26. The smallest absolute Gasteiger partial charge is 0.416 e. The molecule has 5 rings (SSSR count). The van der Waals surface area contributed by atoms with Gasteiger partial charge in [-0.1, -0.05) is 23.3 Å². The van der Waals surface area contributed by atoms with Gasteiger partial charge in [-0.15, -0.1) is 0 Å². The van der Waals surface area contributed by atoms with E-state index in [0.29, 0.717) is 62.1 Å². The number of anilines is 1. The second kappa shape index (κ2) is 9.96. The Bertz CT molecular complexity index is 1190.